The van der Waals surface area contributed by atoms with Gasteiger partial charge < -0.3 is 20.2 Å². The third-order valence-electron chi connectivity index (χ3n) is 2.28. The summed E-state index contributed by atoms with van der Waals surface area (Å²) in [6.07, 6.45) is 5.93. The van der Waals surface area contributed by atoms with Gasteiger partial charge in [0.25, 0.3) is 0 Å². The van der Waals surface area contributed by atoms with Crippen molar-refractivity contribution < 1.29 is 36.1 Å². The van der Waals surface area contributed by atoms with Crippen molar-refractivity contribution in [1.82, 2.24) is 15.0 Å². The Bertz CT molecular complexity index is 708. The van der Waals surface area contributed by atoms with E-state index in [4.69, 9.17) is 10.2 Å². The van der Waals surface area contributed by atoms with Crippen molar-refractivity contribution in [2.24, 2.45) is 0 Å². The molecule has 0 aromatic carbocycles. The molecule has 0 unspecified atom stereocenters. The molecule has 6 nitrogen and oxygen atoms in total. The molecule has 0 saturated heterocycles. The van der Waals surface area contributed by atoms with E-state index in [0.717, 1.165) is 10.6 Å². The van der Waals surface area contributed by atoms with E-state index in [-0.39, 0.29) is 32.5 Å². The zero-order chi connectivity index (χ0) is 15.1. The fraction of sp³-hybridized carbons (Fsp3) is 0. The van der Waals surface area contributed by atoms with E-state index >= 15 is 0 Å². The monoisotopic (exact) mass is 495 g/mol. The standard InChI is InChI=1S/C8H5N2S.C6H5NO3.Pt/c1-2-4-10-7(3-1)8-5-9-6-11-8;8-4-2-1-3-7-5(4)6(9)10;/h1-4,6H;1-3,8H,(H,9,10);/q-1;;. The number of hydrogen-bond donors (Lipinski definition) is 2. The summed E-state index contributed by atoms with van der Waals surface area (Å²) in [6, 6.07) is 8.53. The van der Waals surface area contributed by atoms with E-state index in [0.29, 0.717) is 0 Å². The number of rotatable bonds is 2. The number of pyridine rings is 2. The number of carboxylic acids is 1. The smallest absolute Gasteiger partial charge is 0.358 e. The Labute approximate surface area is 144 Å². The average Bonchev–Trinajstić information content (AvgIpc) is 3.03. The molecule has 3 rings (SSSR count). The average molecular weight is 495 g/mol. The summed E-state index contributed by atoms with van der Waals surface area (Å²) in [5.74, 6) is -1.53. The van der Waals surface area contributed by atoms with Gasteiger partial charge in [-0.3, -0.25) is 0 Å². The van der Waals surface area contributed by atoms with E-state index in [1.165, 1.54) is 18.3 Å². The molecule has 3 aromatic heterocycles. The minimum atomic E-state index is -1.22. The zero-order valence-electron chi connectivity index (χ0n) is 11.0. The number of aromatic hydroxyl groups is 1. The van der Waals surface area contributed by atoms with Crippen LogP contribution in [0.1, 0.15) is 10.5 Å². The first-order valence-corrected chi connectivity index (χ1v) is 6.66. The summed E-state index contributed by atoms with van der Waals surface area (Å²) < 4.78 is 0. The van der Waals surface area contributed by atoms with Gasteiger partial charge in [0.05, 0.1) is 0 Å². The Morgan fingerprint density at radius 2 is 1.91 bits per heavy atom. The van der Waals surface area contributed by atoms with Crippen LogP contribution in [0.15, 0.2) is 48.2 Å². The van der Waals surface area contributed by atoms with E-state index < -0.39 is 5.97 Å². The van der Waals surface area contributed by atoms with Crippen molar-refractivity contribution in [2.45, 2.75) is 0 Å². The largest absolute Gasteiger partial charge is 0.505 e. The number of aromatic nitrogens is 3. The predicted octanol–water partition coefficient (Wildman–Crippen LogP) is 2.49. The third kappa shape index (κ3) is 5.02. The minimum Gasteiger partial charge on any atom is -0.505 e. The second kappa shape index (κ2) is 9.02. The Kier molecular flexibility index (Phi) is 7.35. The molecule has 0 saturated carbocycles. The van der Waals surface area contributed by atoms with Gasteiger partial charge in [-0.25, -0.2) is 21.1 Å². The molecule has 22 heavy (non-hydrogen) atoms. The van der Waals surface area contributed by atoms with E-state index in [1.807, 2.05) is 18.2 Å². The Morgan fingerprint density at radius 3 is 2.41 bits per heavy atom. The maximum Gasteiger partial charge on any atom is 0.358 e. The van der Waals surface area contributed by atoms with Crippen LogP contribution >= 0.6 is 11.3 Å². The second-order valence-corrected chi connectivity index (χ2v) is 4.54. The molecule has 0 atom stereocenters. The number of thiazole rings is 1. The van der Waals surface area contributed by atoms with E-state index in [1.54, 1.807) is 23.0 Å². The van der Waals surface area contributed by atoms with Crippen LogP contribution in [0.5, 0.6) is 5.75 Å². The first kappa shape index (κ1) is 17.9. The van der Waals surface area contributed by atoms with Gasteiger partial charge in [-0.1, -0.05) is 23.2 Å². The summed E-state index contributed by atoms with van der Waals surface area (Å²) in [6.45, 7) is 0. The Hall–Kier alpha value is -2.11. The van der Waals surface area contributed by atoms with Gasteiger partial charge in [0.1, 0.15) is 5.75 Å². The summed E-state index contributed by atoms with van der Waals surface area (Å²) in [5, 5.41) is 17.2. The number of aromatic carboxylic acids is 1. The summed E-state index contributed by atoms with van der Waals surface area (Å²) in [4.78, 5) is 22.6. The van der Waals surface area contributed by atoms with Gasteiger partial charge in [-0.05, 0) is 29.4 Å². The molecule has 0 aliphatic heterocycles. The van der Waals surface area contributed by atoms with Crippen molar-refractivity contribution >= 4 is 17.3 Å². The molecule has 0 bridgehead atoms. The summed E-state index contributed by atoms with van der Waals surface area (Å²) in [7, 11) is 0. The van der Waals surface area contributed by atoms with Gasteiger partial charge >= 0.3 is 5.97 Å². The van der Waals surface area contributed by atoms with Crippen molar-refractivity contribution in [3.63, 3.8) is 0 Å². The molecule has 0 aliphatic rings. The topological polar surface area (TPSA) is 96.2 Å². The number of hydrogen-bond acceptors (Lipinski definition) is 6. The number of carbonyl (C=O) groups is 1. The van der Waals surface area contributed by atoms with Crippen LogP contribution in [0.25, 0.3) is 10.6 Å². The van der Waals surface area contributed by atoms with Crippen LogP contribution < -0.4 is 0 Å². The molecule has 0 radical (unpaired) electrons. The molecule has 0 amide bonds. The fourth-order valence-corrected chi connectivity index (χ4v) is 1.92. The molecule has 0 aliphatic carbocycles. The Morgan fingerprint density at radius 1 is 1.14 bits per heavy atom. The molecule has 8 heteroatoms. The zero-order valence-corrected chi connectivity index (χ0v) is 14.1. The van der Waals surface area contributed by atoms with Gasteiger partial charge in [-0.2, -0.15) is 0 Å². The molecule has 0 spiro atoms. The van der Waals surface area contributed by atoms with E-state index in [9.17, 15) is 4.79 Å². The van der Waals surface area contributed by atoms with Gasteiger partial charge in [-0.15, -0.1) is 0 Å². The van der Waals surface area contributed by atoms with Crippen LogP contribution in [0, 0.1) is 6.20 Å². The van der Waals surface area contributed by atoms with Crippen LogP contribution in [-0.2, 0) is 21.1 Å². The van der Waals surface area contributed by atoms with Crippen LogP contribution in [0.4, 0.5) is 0 Å². The maximum absolute atomic E-state index is 10.2. The summed E-state index contributed by atoms with van der Waals surface area (Å²) >= 11 is 1.55. The van der Waals surface area contributed by atoms with Gasteiger partial charge in [0.2, 0.25) is 0 Å². The van der Waals surface area contributed by atoms with Crippen molar-refractivity contribution in [1.29, 1.82) is 0 Å². The normalized spacial score (nSPS) is 9.09. The first-order valence-electron chi connectivity index (χ1n) is 5.78. The van der Waals surface area contributed by atoms with Gasteiger partial charge in [0, 0.05) is 33.5 Å². The van der Waals surface area contributed by atoms with E-state index in [2.05, 4.69) is 21.1 Å². The van der Waals surface area contributed by atoms with Crippen LogP contribution in [0.2, 0.25) is 0 Å². The van der Waals surface area contributed by atoms with Crippen molar-refractivity contribution in [3.05, 3.63) is 60.1 Å². The molecule has 116 valence electrons. The second-order valence-electron chi connectivity index (χ2n) is 3.68. The van der Waals surface area contributed by atoms with Crippen LogP contribution in [0.3, 0.4) is 0 Å². The van der Waals surface area contributed by atoms with Crippen molar-refractivity contribution in [2.75, 3.05) is 0 Å². The molecule has 3 heterocycles. The first-order chi connectivity index (χ1) is 10.2. The van der Waals surface area contributed by atoms with Crippen LogP contribution in [-0.4, -0.2) is 31.1 Å². The Balaban J connectivity index is 0.000000212. The predicted molar refractivity (Wildman–Crippen MR) is 77.0 cm³/mol. The quantitative estimate of drug-likeness (QED) is 0.531. The van der Waals surface area contributed by atoms with Gasteiger partial charge in [0.15, 0.2) is 5.69 Å². The fourth-order valence-electron chi connectivity index (χ4n) is 1.37. The number of carboxylic acid groups (broad SMARTS) is 1. The molecular formula is C14H10N3O3PtS-. The minimum absolute atomic E-state index is 0. The molecule has 0 fully saturated rings. The third-order valence-corrected chi connectivity index (χ3v) is 3.02. The van der Waals surface area contributed by atoms with Crippen molar-refractivity contribution in [3.8, 4) is 16.3 Å². The molecule has 3 aromatic rings. The number of nitrogens with zero attached hydrogens (tertiary/aromatic N) is 3. The molecular weight excluding hydrogens is 485 g/mol. The summed E-state index contributed by atoms with van der Waals surface area (Å²) in [5.41, 5.74) is 2.38. The molecule has 2 N–H and O–H groups in total. The maximum atomic E-state index is 10.2. The SMILES string of the molecule is O=C(O)c1ncccc1O.[Pt].[c-]1ncsc1-c1ccccn1.